The molecule has 26 heavy (non-hydrogen) atoms. The van der Waals surface area contributed by atoms with Crippen LogP contribution in [0.4, 0.5) is 5.69 Å². The Labute approximate surface area is 164 Å². The van der Waals surface area contributed by atoms with Crippen LogP contribution >= 0.6 is 23.2 Å². The van der Waals surface area contributed by atoms with Crippen molar-refractivity contribution in [2.75, 3.05) is 25.0 Å². The number of nitrogens with one attached hydrogen (secondary N) is 2. The normalized spacial score (nSPS) is 23.1. The highest BCUT2D eigenvalue weighted by Gasteiger charge is 2.32. The molecule has 0 bridgehead atoms. The molecule has 0 aromatic heterocycles. The average molecular weight is 398 g/mol. The minimum absolute atomic E-state index is 0.0777. The van der Waals surface area contributed by atoms with Crippen LogP contribution in [0.2, 0.25) is 10.0 Å². The fourth-order valence-corrected chi connectivity index (χ4v) is 4.08. The Morgan fingerprint density at radius 2 is 2.08 bits per heavy atom. The molecule has 3 rings (SSSR count). The Balaban J connectivity index is 1.62. The molecule has 2 fully saturated rings. The number of piperidine rings is 1. The molecule has 0 aliphatic carbocycles. The van der Waals surface area contributed by atoms with Crippen LogP contribution in [0.15, 0.2) is 18.2 Å². The first-order valence-electron chi connectivity index (χ1n) is 9.30. The van der Waals surface area contributed by atoms with Crippen LogP contribution in [-0.2, 0) is 9.59 Å². The lowest BCUT2D eigenvalue weighted by molar-refractivity contribution is -0.140. The summed E-state index contributed by atoms with van der Waals surface area (Å²) in [6.07, 6.45) is 5.09. The van der Waals surface area contributed by atoms with Gasteiger partial charge in [0.15, 0.2) is 0 Å². The smallest absolute Gasteiger partial charge is 0.247 e. The van der Waals surface area contributed by atoms with Crippen molar-refractivity contribution in [1.82, 2.24) is 10.2 Å². The van der Waals surface area contributed by atoms with Gasteiger partial charge in [0.1, 0.15) is 6.04 Å². The van der Waals surface area contributed by atoms with Gasteiger partial charge in [-0.25, -0.2) is 0 Å². The zero-order valence-corrected chi connectivity index (χ0v) is 16.3. The summed E-state index contributed by atoms with van der Waals surface area (Å²) < 4.78 is 0. The van der Waals surface area contributed by atoms with Crippen molar-refractivity contribution in [2.45, 2.75) is 44.6 Å². The zero-order chi connectivity index (χ0) is 18.5. The van der Waals surface area contributed by atoms with Gasteiger partial charge in [0, 0.05) is 18.0 Å². The van der Waals surface area contributed by atoms with E-state index >= 15 is 0 Å². The van der Waals surface area contributed by atoms with E-state index in [2.05, 4.69) is 10.6 Å². The third-order valence-electron chi connectivity index (χ3n) is 5.24. The van der Waals surface area contributed by atoms with Gasteiger partial charge in [0.2, 0.25) is 11.8 Å². The minimum Gasteiger partial charge on any atom is -0.331 e. The van der Waals surface area contributed by atoms with Crippen LogP contribution < -0.4 is 10.6 Å². The molecule has 1 aromatic carbocycles. The van der Waals surface area contributed by atoms with Gasteiger partial charge in [-0.3, -0.25) is 9.59 Å². The van der Waals surface area contributed by atoms with Crippen LogP contribution in [0.1, 0.15) is 38.5 Å². The van der Waals surface area contributed by atoms with E-state index in [1.807, 2.05) is 0 Å². The number of likely N-dealkylation sites (tertiary alicyclic amines) is 1. The van der Waals surface area contributed by atoms with Gasteiger partial charge in [-0.1, -0.05) is 23.2 Å². The maximum absolute atomic E-state index is 12.8. The standard InChI is InChI=1S/C19H25Cl2N3O2/c20-14-5-6-15(21)16(11-14)23-19(26)17-3-1-2-10-24(17)18(25)7-4-13-8-9-22-12-13/h5-6,11,13,17,22H,1-4,7-10,12H2,(H,23,26). The Bertz CT molecular complexity index is 662. The summed E-state index contributed by atoms with van der Waals surface area (Å²) in [6.45, 7) is 2.67. The number of anilines is 1. The Hall–Kier alpha value is -1.30. The molecule has 142 valence electrons. The maximum Gasteiger partial charge on any atom is 0.247 e. The minimum atomic E-state index is -0.437. The molecular weight excluding hydrogens is 373 g/mol. The first-order valence-corrected chi connectivity index (χ1v) is 10.1. The van der Waals surface area contributed by atoms with Gasteiger partial charge in [-0.15, -0.1) is 0 Å². The van der Waals surface area contributed by atoms with Crippen molar-refractivity contribution in [2.24, 2.45) is 5.92 Å². The molecule has 2 atom stereocenters. The number of carbonyl (C=O) groups excluding carboxylic acids is 2. The second-order valence-electron chi connectivity index (χ2n) is 7.11. The van der Waals surface area contributed by atoms with Gasteiger partial charge in [-0.2, -0.15) is 0 Å². The molecule has 2 unspecified atom stereocenters. The van der Waals surface area contributed by atoms with Gasteiger partial charge < -0.3 is 15.5 Å². The van der Waals surface area contributed by atoms with E-state index in [4.69, 9.17) is 23.2 Å². The highest BCUT2D eigenvalue weighted by molar-refractivity contribution is 6.35. The molecule has 5 nitrogen and oxygen atoms in total. The number of benzene rings is 1. The number of amides is 2. The molecule has 2 amide bonds. The van der Waals surface area contributed by atoms with Gasteiger partial charge >= 0.3 is 0 Å². The average Bonchev–Trinajstić information content (AvgIpc) is 3.16. The predicted octanol–water partition coefficient (Wildman–Crippen LogP) is 3.70. The van der Waals surface area contributed by atoms with Crippen molar-refractivity contribution in [3.63, 3.8) is 0 Å². The third-order valence-corrected chi connectivity index (χ3v) is 5.81. The molecule has 2 aliphatic heterocycles. The molecule has 2 saturated heterocycles. The van der Waals surface area contributed by atoms with E-state index in [9.17, 15) is 9.59 Å². The molecule has 7 heteroatoms. The topological polar surface area (TPSA) is 61.4 Å². The van der Waals surface area contributed by atoms with Crippen LogP contribution in [0.3, 0.4) is 0 Å². The van der Waals surface area contributed by atoms with E-state index in [-0.39, 0.29) is 11.8 Å². The SMILES string of the molecule is O=C(Nc1cc(Cl)ccc1Cl)C1CCCCN1C(=O)CCC1CCNC1. The van der Waals surface area contributed by atoms with Crippen molar-refractivity contribution in [3.8, 4) is 0 Å². The second kappa shape index (κ2) is 9.07. The molecule has 0 radical (unpaired) electrons. The number of halogens is 2. The van der Waals surface area contributed by atoms with Crippen molar-refractivity contribution < 1.29 is 9.59 Å². The van der Waals surface area contributed by atoms with E-state index in [1.54, 1.807) is 23.1 Å². The van der Waals surface area contributed by atoms with Gasteiger partial charge in [0.25, 0.3) is 0 Å². The van der Waals surface area contributed by atoms with Crippen LogP contribution in [0.25, 0.3) is 0 Å². The lowest BCUT2D eigenvalue weighted by Crippen LogP contribution is -2.50. The maximum atomic E-state index is 12.8. The predicted molar refractivity (Wildman–Crippen MR) is 105 cm³/mol. The van der Waals surface area contributed by atoms with E-state index in [1.165, 1.54) is 0 Å². The highest BCUT2D eigenvalue weighted by atomic mass is 35.5. The molecule has 1 aromatic rings. The number of rotatable bonds is 5. The van der Waals surface area contributed by atoms with Gasteiger partial charge in [0.05, 0.1) is 10.7 Å². The summed E-state index contributed by atoms with van der Waals surface area (Å²) in [5.41, 5.74) is 0.485. The Kier molecular flexibility index (Phi) is 6.79. The molecular formula is C19H25Cl2N3O2. The summed E-state index contributed by atoms with van der Waals surface area (Å²) in [5.74, 6) is 0.458. The first-order chi connectivity index (χ1) is 12.5. The summed E-state index contributed by atoms with van der Waals surface area (Å²) in [5, 5.41) is 7.11. The Morgan fingerprint density at radius 3 is 2.85 bits per heavy atom. The lowest BCUT2D eigenvalue weighted by atomic mass is 9.98. The molecule has 0 spiro atoms. The van der Waals surface area contributed by atoms with Crippen LogP contribution in [0, 0.1) is 5.92 Å². The molecule has 2 N–H and O–H groups in total. The highest BCUT2D eigenvalue weighted by Crippen LogP contribution is 2.27. The number of hydrogen-bond donors (Lipinski definition) is 2. The second-order valence-corrected chi connectivity index (χ2v) is 7.95. The quantitative estimate of drug-likeness (QED) is 0.795. The van der Waals surface area contributed by atoms with Crippen LogP contribution in [0.5, 0.6) is 0 Å². The van der Waals surface area contributed by atoms with Crippen molar-refractivity contribution >= 4 is 40.7 Å². The lowest BCUT2D eigenvalue weighted by Gasteiger charge is -2.35. The monoisotopic (exact) mass is 397 g/mol. The number of nitrogens with zero attached hydrogens (tertiary/aromatic N) is 1. The van der Waals surface area contributed by atoms with E-state index in [0.29, 0.717) is 41.0 Å². The zero-order valence-electron chi connectivity index (χ0n) is 14.8. The molecule has 0 saturated carbocycles. The summed E-state index contributed by atoms with van der Waals surface area (Å²) >= 11 is 12.1. The third kappa shape index (κ3) is 4.90. The molecule has 2 heterocycles. The van der Waals surface area contributed by atoms with E-state index in [0.717, 1.165) is 38.8 Å². The van der Waals surface area contributed by atoms with Gasteiger partial charge in [-0.05, 0) is 69.3 Å². The number of carbonyl (C=O) groups is 2. The fourth-order valence-electron chi connectivity index (χ4n) is 3.74. The first kappa shape index (κ1) is 19.5. The van der Waals surface area contributed by atoms with Crippen LogP contribution in [-0.4, -0.2) is 42.4 Å². The summed E-state index contributed by atoms with van der Waals surface area (Å²) in [6, 6.07) is 4.52. The van der Waals surface area contributed by atoms with E-state index < -0.39 is 6.04 Å². The molecule has 2 aliphatic rings. The summed E-state index contributed by atoms with van der Waals surface area (Å²) in [7, 11) is 0. The number of hydrogen-bond acceptors (Lipinski definition) is 3. The summed E-state index contributed by atoms with van der Waals surface area (Å²) in [4.78, 5) is 27.3. The van der Waals surface area contributed by atoms with Crippen molar-refractivity contribution in [1.29, 1.82) is 0 Å². The largest absolute Gasteiger partial charge is 0.331 e. The van der Waals surface area contributed by atoms with Crippen molar-refractivity contribution in [3.05, 3.63) is 28.2 Å². The fraction of sp³-hybridized carbons (Fsp3) is 0.579. The Morgan fingerprint density at radius 1 is 1.23 bits per heavy atom.